The molecule has 7 heteroatoms. The normalized spacial score (nSPS) is 20.8. The molecule has 0 bridgehead atoms. The first-order valence-electron chi connectivity index (χ1n) is 7.39. The van der Waals surface area contributed by atoms with Crippen molar-refractivity contribution in [1.82, 2.24) is 14.9 Å². The molecule has 6 nitrogen and oxygen atoms in total. The fraction of sp³-hybridized carbons (Fsp3) is 0.533. The molecule has 0 unspecified atom stereocenters. The molecule has 2 aliphatic rings. The molecule has 2 fully saturated rings. The first-order chi connectivity index (χ1) is 10.7. The van der Waals surface area contributed by atoms with Gasteiger partial charge in [-0.1, -0.05) is 0 Å². The van der Waals surface area contributed by atoms with Crippen molar-refractivity contribution in [3.8, 4) is 0 Å². The maximum atomic E-state index is 12.4. The summed E-state index contributed by atoms with van der Waals surface area (Å²) in [7, 11) is 0. The van der Waals surface area contributed by atoms with Crippen molar-refractivity contribution in [3.05, 3.63) is 29.9 Å². The second kappa shape index (κ2) is 6.50. The van der Waals surface area contributed by atoms with Crippen LogP contribution in [-0.2, 0) is 4.74 Å². The Balaban J connectivity index is 1.60. The van der Waals surface area contributed by atoms with Crippen molar-refractivity contribution in [2.75, 3.05) is 44.3 Å². The van der Waals surface area contributed by atoms with Crippen LogP contribution < -0.4 is 4.90 Å². The largest absolute Gasteiger partial charge is 0.378 e. The van der Waals surface area contributed by atoms with E-state index in [1.807, 2.05) is 0 Å². The van der Waals surface area contributed by atoms with E-state index in [-0.39, 0.29) is 11.4 Å². The first-order valence-corrected chi connectivity index (χ1v) is 7.39. The molecule has 0 saturated carbocycles. The van der Waals surface area contributed by atoms with Gasteiger partial charge in [0.25, 0.3) is 0 Å². The standard InChI is InChI=1S/C15H19FN4O2/c1-11(6-16)14(21)12-7-17-15(18-8-12)20-4-2-19(3-5-20)13-9-22-10-13/h6-8,13H,2-5,9-10H2,1H3/b11-6+. The number of halogens is 1. The van der Waals surface area contributed by atoms with Crippen LogP contribution in [0.1, 0.15) is 17.3 Å². The van der Waals surface area contributed by atoms with Crippen LogP contribution in [-0.4, -0.2) is 66.1 Å². The third kappa shape index (κ3) is 3.00. The molecule has 0 amide bonds. The number of carbonyl (C=O) groups excluding carboxylic acids is 1. The average molecular weight is 306 g/mol. The van der Waals surface area contributed by atoms with Crippen molar-refractivity contribution in [1.29, 1.82) is 0 Å². The van der Waals surface area contributed by atoms with Gasteiger partial charge in [-0.25, -0.2) is 14.4 Å². The maximum Gasteiger partial charge on any atom is 0.225 e. The molecular weight excluding hydrogens is 287 g/mol. The van der Waals surface area contributed by atoms with E-state index in [1.165, 1.54) is 19.3 Å². The number of Topliss-reactive ketones (excluding diaryl/α,β-unsaturated/α-hetero) is 1. The fourth-order valence-electron chi connectivity index (χ4n) is 2.60. The predicted octanol–water partition coefficient (Wildman–Crippen LogP) is 1.05. The lowest BCUT2D eigenvalue weighted by atomic mass is 10.1. The number of allylic oxidation sites excluding steroid dienone is 1. The van der Waals surface area contributed by atoms with Gasteiger partial charge in [-0.15, -0.1) is 0 Å². The zero-order valence-corrected chi connectivity index (χ0v) is 12.5. The van der Waals surface area contributed by atoms with E-state index in [0.717, 1.165) is 39.4 Å². The van der Waals surface area contributed by atoms with Crippen LogP contribution in [0.4, 0.5) is 10.3 Å². The van der Waals surface area contributed by atoms with Crippen LogP contribution in [0.25, 0.3) is 0 Å². The lowest BCUT2D eigenvalue weighted by Crippen LogP contribution is -2.56. The Morgan fingerprint density at radius 3 is 2.41 bits per heavy atom. The number of nitrogens with zero attached hydrogens (tertiary/aromatic N) is 4. The number of carbonyl (C=O) groups is 1. The molecule has 1 aromatic rings. The maximum absolute atomic E-state index is 12.4. The van der Waals surface area contributed by atoms with Crippen molar-refractivity contribution in [3.63, 3.8) is 0 Å². The van der Waals surface area contributed by atoms with Crippen molar-refractivity contribution in [2.24, 2.45) is 0 Å². The van der Waals surface area contributed by atoms with E-state index in [4.69, 9.17) is 4.74 Å². The molecule has 0 aromatic carbocycles. The third-order valence-corrected chi connectivity index (χ3v) is 4.16. The molecule has 0 aliphatic carbocycles. The highest BCUT2D eigenvalue weighted by Gasteiger charge is 2.29. The zero-order valence-electron chi connectivity index (χ0n) is 12.5. The summed E-state index contributed by atoms with van der Waals surface area (Å²) in [5.41, 5.74) is 0.355. The highest BCUT2D eigenvalue weighted by Crippen LogP contribution is 2.16. The van der Waals surface area contributed by atoms with Crippen LogP contribution in [0.5, 0.6) is 0 Å². The van der Waals surface area contributed by atoms with E-state index >= 15 is 0 Å². The second-order valence-corrected chi connectivity index (χ2v) is 5.61. The summed E-state index contributed by atoms with van der Waals surface area (Å²) in [6.07, 6.45) is 3.23. The molecule has 2 saturated heterocycles. The first kappa shape index (κ1) is 15.1. The molecule has 0 radical (unpaired) electrons. The summed E-state index contributed by atoms with van der Waals surface area (Å²) in [6.45, 7) is 6.72. The van der Waals surface area contributed by atoms with E-state index in [9.17, 15) is 9.18 Å². The van der Waals surface area contributed by atoms with Gasteiger partial charge in [-0.05, 0) is 6.92 Å². The van der Waals surface area contributed by atoms with Gasteiger partial charge >= 0.3 is 0 Å². The molecule has 118 valence electrons. The Kier molecular flexibility index (Phi) is 4.44. The van der Waals surface area contributed by atoms with Crippen LogP contribution in [0.15, 0.2) is 24.3 Å². The SMILES string of the molecule is C/C(=C\F)C(=O)c1cnc(N2CCN(C3COC3)CC2)nc1. The van der Waals surface area contributed by atoms with Crippen molar-refractivity contribution >= 4 is 11.7 Å². The highest BCUT2D eigenvalue weighted by atomic mass is 19.1. The minimum atomic E-state index is -0.385. The van der Waals surface area contributed by atoms with Gasteiger partial charge in [0.05, 0.1) is 31.1 Å². The predicted molar refractivity (Wildman–Crippen MR) is 79.6 cm³/mol. The Morgan fingerprint density at radius 1 is 1.27 bits per heavy atom. The average Bonchev–Trinajstić information content (AvgIpc) is 2.53. The number of piperazine rings is 1. The van der Waals surface area contributed by atoms with Crippen LogP contribution in [0.3, 0.4) is 0 Å². The molecule has 3 heterocycles. The number of hydrogen-bond acceptors (Lipinski definition) is 6. The van der Waals surface area contributed by atoms with Gasteiger partial charge in [-0.2, -0.15) is 0 Å². The topological polar surface area (TPSA) is 58.6 Å². The van der Waals surface area contributed by atoms with Crippen molar-refractivity contribution < 1.29 is 13.9 Å². The molecule has 0 spiro atoms. The summed E-state index contributed by atoms with van der Waals surface area (Å²) in [4.78, 5) is 24.8. The highest BCUT2D eigenvalue weighted by molar-refractivity contribution is 6.07. The summed E-state index contributed by atoms with van der Waals surface area (Å²) < 4.78 is 17.6. The molecular formula is C15H19FN4O2. The van der Waals surface area contributed by atoms with Gasteiger partial charge in [0, 0.05) is 44.1 Å². The van der Waals surface area contributed by atoms with E-state index < -0.39 is 0 Å². The smallest absolute Gasteiger partial charge is 0.225 e. The van der Waals surface area contributed by atoms with Crippen molar-refractivity contribution in [2.45, 2.75) is 13.0 Å². The third-order valence-electron chi connectivity index (χ3n) is 4.16. The van der Waals surface area contributed by atoms with E-state index in [1.54, 1.807) is 0 Å². The van der Waals surface area contributed by atoms with Crippen LogP contribution in [0, 0.1) is 0 Å². The quantitative estimate of drug-likeness (QED) is 0.612. The molecule has 3 rings (SSSR count). The number of rotatable bonds is 4. The van der Waals surface area contributed by atoms with Gasteiger partial charge in [-0.3, -0.25) is 9.69 Å². The molecule has 1 aromatic heterocycles. The summed E-state index contributed by atoms with van der Waals surface area (Å²) in [6, 6.07) is 0.554. The number of anilines is 1. The molecule has 22 heavy (non-hydrogen) atoms. The lowest BCUT2D eigenvalue weighted by Gasteiger charge is -2.42. The second-order valence-electron chi connectivity index (χ2n) is 5.61. The van der Waals surface area contributed by atoms with Gasteiger partial charge in [0.1, 0.15) is 0 Å². The number of hydrogen-bond donors (Lipinski definition) is 0. The lowest BCUT2D eigenvalue weighted by molar-refractivity contribution is -0.0661. The van der Waals surface area contributed by atoms with E-state index in [0.29, 0.717) is 23.9 Å². The number of ketones is 1. The van der Waals surface area contributed by atoms with Crippen LogP contribution >= 0.6 is 0 Å². The molecule has 0 atom stereocenters. The Bertz CT molecular complexity index is 563. The Labute approximate surface area is 128 Å². The minimum Gasteiger partial charge on any atom is -0.378 e. The van der Waals surface area contributed by atoms with Gasteiger partial charge in [0.2, 0.25) is 5.95 Å². The zero-order chi connectivity index (χ0) is 15.5. The van der Waals surface area contributed by atoms with Gasteiger partial charge in [0.15, 0.2) is 5.78 Å². The summed E-state index contributed by atoms with van der Waals surface area (Å²) in [5, 5.41) is 0. The fourth-order valence-corrected chi connectivity index (χ4v) is 2.60. The van der Waals surface area contributed by atoms with Crippen LogP contribution in [0.2, 0.25) is 0 Å². The number of ether oxygens (including phenoxy) is 1. The molecule has 2 aliphatic heterocycles. The minimum absolute atomic E-state index is 0.0488. The Hall–Kier alpha value is -1.86. The molecule has 0 N–H and O–H groups in total. The summed E-state index contributed by atoms with van der Waals surface area (Å²) >= 11 is 0. The Morgan fingerprint density at radius 2 is 1.91 bits per heavy atom. The monoisotopic (exact) mass is 306 g/mol. The van der Waals surface area contributed by atoms with E-state index in [2.05, 4.69) is 19.8 Å². The number of aromatic nitrogens is 2. The van der Waals surface area contributed by atoms with Gasteiger partial charge < -0.3 is 9.64 Å². The summed E-state index contributed by atoms with van der Waals surface area (Å²) in [5.74, 6) is 0.229.